The van der Waals surface area contributed by atoms with Gasteiger partial charge in [0.1, 0.15) is 23.4 Å². The Morgan fingerprint density at radius 3 is 2.49 bits per heavy atom. The van der Waals surface area contributed by atoms with Gasteiger partial charge >= 0.3 is 0 Å². The van der Waals surface area contributed by atoms with Gasteiger partial charge in [0.25, 0.3) is 11.8 Å². The van der Waals surface area contributed by atoms with Crippen molar-refractivity contribution in [1.82, 2.24) is 19.8 Å². The number of amides is 2. The zero-order valence-corrected chi connectivity index (χ0v) is 20.3. The molecular weight excluding hydrogens is 447 g/mol. The average molecular weight is 479 g/mol. The number of hydrogen-bond donors (Lipinski definition) is 1. The number of rotatable bonds is 7. The molecule has 35 heavy (non-hydrogen) atoms. The number of nitrogens with one attached hydrogen (secondary N) is 1. The van der Waals surface area contributed by atoms with E-state index in [-0.39, 0.29) is 36.3 Å². The number of aromatic nitrogens is 2. The third-order valence-corrected chi connectivity index (χ3v) is 6.53. The summed E-state index contributed by atoms with van der Waals surface area (Å²) in [7, 11) is 1.82. The summed E-state index contributed by atoms with van der Waals surface area (Å²) >= 11 is 0. The molecule has 0 radical (unpaired) electrons. The molecule has 2 amide bonds. The summed E-state index contributed by atoms with van der Waals surface area (Å²) in [6.45, 7) is 4.10. The quantitative estimate of drug-likeness (QED) is 0.551. The molecule has 0 unspecified atom stereocenters. The van der Waals surface area contributed by atoms with E-state index in [0.717, 1.165) is 19.3 Å². The number of nitrogens with zero attached hydrogens (tertiary/aromatic N) is 3. The second kappa shape index (κ2) is 10.7. The predicted octanol–water partition coefficient (Wildman–Crippen LogP) is 4.25. The van der Waals surface area contributed by atoms with Gasteiger partial charge in [-0.25, -0.2) is 9.37 Å². The molecule has 1 N–H and O–H groups in total. The molecule has 3 aromatic rings. The second-order valence-corrected chi connectivity index (χ2v) is 9.10. The SMILES string of the molecule is C[C@@H]1CCC[C@H](C)N1C(=O)COc1ccc(C(=O)N[C@H](c2cccc(F)c2)c2nccn2C)cc1. The van der Waals surface area contributed by atoms with Gasteiger partial charge in [-0.3, -0.25) is 9.59 Å². The highest BCUT2D eigenvalue weighted by molar-refractivity contribution is 5.94. The Kier molecular flexibility index (Phi) is 7.48. The maximum atomic E-state index is 13.9. The molecule has 8 heteroatoms. The average Bonchev–Trinajstić information content (AvgIpc) is 3.26. The number of ether oxygens (including phenoxy) is 1. The normalized spacial score (nSPS) is 18.7. The van der Waals surface area contributed by atoms with Gasteiger partial charge in [0.05, 0.1) is 0 Å². The topological polar surface area (TPSA) is 76.5 Å². The van der Waals surface area contributed by atoms with E-state index in [2.05, 4.69) is 24.1 Å². The van der Waals surface area contributed by atoms with Crippen LogP contribution in [0.4, 0.5) is 4.39 Å². The Bertz CT molecular complexity index is 1170. The molecule has 2 aromatic carbocycles. The number of imidazole rings is 1. The summed E-state index contributed by atoms with van der Waals surface area (Å²) < 4.78 is 21.4. The fraction of sp³-hybridized carbons (Fsp3) is 0.370. The number of aryl methyl sites for hydroxylation is 1. The third kappa shape index (κ3) is 5.70. The van der Waals surface area contributed by atoms with Crippen LogP contribution < -0.4 is 10.1 Å². The van der Waals surface area contributed by atoms with Crippen LogP contribution in [0.15, 0.2) is 60.9 Å². The molecule has 0 spiro atoms. The van der Waals surface area contributed by atoms with Crippen LogP contribution in [0.25, 0.3) is 0 Å². The lowest BCUT2D eigenvalue weighted by Crippen LogP contribution is -2.49. The van der Waals surface area contributed by atoms with Gasteiger partial charge < -0.3 is 19.5 Å². The highest BCUT2D eigenvalue weighted by Gasteiger charge is 2.29. The molecule has 1 fully saturated rings. The van der Waals surface area contributed by atoms with Crippen LogP contribution in [0.2, 0.25) is 0 Å². The van der Waals surface area contributed by atoms with Gasteiger partial charge in [0.2, 0.25) is 0 Å². The first kappa shape index (κ1) is 24.4. The number of halogens is 1. The molecule has 0 aliphatic carbocycles. The molecule has 3 atom stereocenters. The van der Waals surface area contributed by atoms with Gasteiger partial charge in [-0.1, -0.05) is 12.1 Å². The summed E-state index contributed by atoms with van der Waals surface area (Å²) in [6.07, 6.45) is 6.56. The van der Waals surface area contributed by atoms with Crippen LogP contribution in [0.1, 0.15) is 60.9 Å². The lowest BCUT2D eigenvalue weighted by molar-refractivity contribution is -0.139. The van der Waals surface area contributed by atoms with Gasteiger partial charge in [0.15, 0.2) is 6.61 Å². The maximum absolute atomic E-state index is 13.9. The van der Waals surface area contributed by atoms with Crippen LogP contribution in [0.5, 0.6) is 5.75 Å². The first-order valence-corrected chi connectivity index (χ1v) is 11.9. The number of carbonyl (C=O) groups excluding carboxylic acids is 2. The van der Waals surface area contributed by atoms with E-state index in [1.165, 1.54) is 12.1 Å². The summed E-state index contributed by atoms with van der Waals surface area (Å²) in [6, 6.07) is 12.5. The standard InChI is InChI=1S/C27H31FN4O3/c1-18-6-4-7-19(2)32(18)24(33)17-35-23-12-10-20(11-13-23)27(34)30-25(26-29-14-15-31(26)3)21-8-5-9-22(28)16-21/h5,8-16,18-19,25H,4,6-7,17H2,1-3H3,(H,30,34)/t18-,19+,25-/m1/s1. The zero-order chi connectivity index (χ0) is 24.9. The van der Waals surface area contributed by atoms with Crippen LogP contribution in [0, 0.1) is 5.82 Å². The van der Waals surface area contributed by atoms with Crippen molar-refractivity contribution < 1.29 is 18.7 Å². The highest BCUT2D eigenvalue weighted by Crippen LogP contribution is 2.24. The lowest BCUT2D eigenvalue weighted by Gasteiger charge is -2.38. The Morgan fingerprint density at radius 2 is 1.86 bits per heavy atom. The van der Waals surface area contributed by atoms with Crippen LogP contribution in [-0.4, -0.2) is 45.0 Å². The van der Waals surface area contributed by atoms with Gasteiger partial charge in [-0.05, 0) is 75.1 Å². The molecule has 2 heterocycles. The Hall–Kier alpha value is -3.68. The summed E-state index contributed by atoms with van der Waals surface area (Å²) in [4.78, 5) is 32.0. The minimum absolute atomic E-state index is 0.0282. The molecule has 4 rings (SSSR count). The molecule has 1 aliphatic heterocycles. The molecule has 7 nitrogen and oxygen atoms in total. The smallest absolute Gasteiger partial charge is 0.260 e. The Labute approximate surface area is 204 Å². The van der Waals surface area contributed by atoms with E-state index in [1.54, 1.807) is 53.4 Å². The first-order valence-electron chi connectivity index (χ1n) is 11.9. The van der Waals surface area contributed by atoms with E-state index in [4.69, 9.17) is 4.74 Å². The van der Waals surface area contributed by atoms with Crippen molar-refractivity contribution >= 4 is 11.8 Å². The van der Waals surface area contributed by atoms with Crippen molar-refractivity contribution in [3.8, 4) is 5.75 Å². The van der Waals surface area contributed by atoms with Crippen molar-refractivity contribution in [3.05, 3.63) is 83.7 Å². The number of likely N-dealkylation sites (tertiary alicyclic amines) is 1. The number of benzene rings is 2. The van der Waals surface area contributed by atoms with E-state index in [9.17, 15) is 14.0 Å². The summed E-state index contributed by atoms with van der Waals surface area (Å²) in [5.41, 5.74) is 1.00. The largest absolute Gasteiger partial charge is 0.484 e. The van der Waals surface area contributed by atoms with Crippen LogP contribution in [-0.2, 0) is 11.8 Å². The van der Waals surface area contributed by atoms with Crippen LogP contribution in [0.3, 0.4) is 0 Å². The van der Waals surface area contributed by atoms with Gasteiger partial charge in [0, 0.05) is 37.1 Å². The second-order valence-electron chi connectivity index (χ2n) is 9.10. The molecule has 0 bridgehead atoms. The number of piperidine rings is 1. The lowest BCUT2D eigenvalue weighted by atomic mass is 9.97. The van der Waals surface area contributed by atoms with E-state index < -0.39 is 6.04 Å². The van der Waals surface area contributed by atoms with Crippen molar-refractivity contribution in [2.24, 2.45) is 7.05 Å². The molecular formula is C27H31FN4O3. The monoisotopic (exact) mass is 478 g/mol. The number of carbonyl (C=O) groups is 2. The van der Waals surface area contributed by atoms with Gasteiger partial charge in [-0.15, -0.1) is 0 Å². The summed E-state index contributed by atoms with van der Waals surface area (Å²) in [5, 5.41) is 2.95. The van der Waals surface area contributed by atoms with Crippen molar-refractivity contribution in [1.29, 1.82) is 0 Å². The molecule has 1 saturated heterocycles. The minimum atomic E-state index is -0.625. The number of hydrogen-bond acceptors (Lipinski definition) is 4. The first-order chi connectivity index (χ1) is 16.8. The minimum Gasteiger partial charge on any atom is -0.484 e. The third-order valence-electron chi connectivity index (χ3n) is 6.53. The Balaban J connectivity index is 1.42. The maximum Gasteiger partial charge on any atom is 0.260 e. The Morgan fingerprint density at radius 1 is 1.14 bits per heavy atom. The van der Waals surface area contributed by atoms with E-state index in [1.807, 2.05) is 11.9 Å². The molecule has 1 aliphatic rings. The predicted molar refractivity (Wildman–Crippen MR) is 130 cm³/mol. The van der Waals surface area contributed by atoms with E-state index in [0.29, 0.717) is 22.7 Å². The van der Waals surface area contributed by atoms with Crippen molar-refractivity contribution in [2.45, 2.75) is 51.2 Å². The molecule has 0 saturated carbocycles. The fourth-order valence-electron chi connectivity index (χ4n) is 4.69. The van der Waals surface area contributed by atoms with E-state index >= 15 is 0 Å². The van der Waals surface area contributed by atoms with Crippen molar-refractivity contribution in [3.63, 3.8) is 0 Å². The van der Waals surface area contributed by atoms with Crippen LogP contribution >= 0.6 is 0 Å². The molecule has 184 valence electrons. The zero-order valence-electron chi connectivity index (χ0n) is 20.3. The van der Waals surface area contributed by atoms with Gasteiger partial charge in [-0.2, -0.15) is 0 Å². The fourth-order valence-corrected chi connectivity index (χ4v) is 4.69. The summed E-state index contributed by atoms with van der Waals surface area (Å²) in [5.74, 6) is 0.349. The molecule has 1 aromatic heterocycles. The highest BCUT2D eigenvalue weighted by atomic mass is 19.1. The van der Waals surface area contributed by atoms with Crippen molar-refractivity contribution in [2.75, 3.05) is 6.61 Å².